The van der Waals surface area contributed by atoms with Gasteiger partial charge in [0.25, 0.3) is 0 Å². The van der Waals surface area contributed by atoms with Gasteiger partial charge in [0.15, 0.2) is 5.65 Å². The number of nitrogens with two attached hydrogens (primary N) is 1. The van der Waals surface area contributed by atoms with Crippen LogP contribution in [0.1, 0.15) is 18.4 Å². The topological polar surface area (TPSA) is 81.7 Å². The fraction of sp³-hybridized carbons (Fsp3) is 0.227. The van der Waals surface area contributed by atoms with Crippen molar-refractivity contribution in [2.24, 2.45) is 5.92 Å². The predicted octanol–water partition coefficient (Wildman–Crippen LogP) is 4.91. The second-order valence-corrected chi connectivity index (χ2v) is 7.63. The summed E-state index contributed by atoms with van der Waals surface area (Å²) in [6.45, 7) is 0.787. The summed E-state index contributed by atoms with van der Waals surface area (Å²) in [7, 11) is 0. The van der Waals surface area contributed by atoms with Gasteiger partial charge in [-0.15, -0.1) is 5.10 Å². The van der Waals surface area contributed by atoms with Crippen LogP contribution in [0.15, 0.2) is 54.6 Å². The van der Waals surface area contributed by atoms with Gasteiger partial charge in [-0.3, -0.25) is 0 Å². The molecule has 1 aliphatic carbocycles. The number of benzene rings is 2. The summed E-state index contributed by atoms with van der Waals surface area (Å²) in [5.74, 6) is 1.35. The average molecular weight is 424 g/mol. The summed E-state index contributed by atoms with van der Waals surface area (Å²) in [6, 6.07) is 14.2. The Morgan fingerprint density at radius 2 is 1.71 bits per heavy atom. The van der Waals surface area contributed by atoms with E-state index in [0.717, 1.165) is 24.2 Å². The molecule has 0 aliphatic heterocycles. The highest BCUT2D eigenvalue weighted by atomic mass is 19.4. The smallest absolute Gasteiger partial charge is 0.383 e. The maximum absolute atomic E-state index is 12.9. The van der Waals surface area contributed by atoms with Crippen molar-refractivity contribution in [1.29, 1.82) is 0 Å². The first kappa shape index (κ1) is 19.3. The number of alkyl halides is 3. The van der Waals surface area contributed by atoms with Crippen molar-refractivity contribution >= 4 is 22.8 Å². The van der Waals surface area contributed by atoms with E-state index >= 15 is 0 Å². The van der Waals surface area contributed by atoms with Crippen molar-refractivity contribution in [3.8, 4) is 16.9 Å². The molecule has 2 heterocycles. The Morgan fingerprint density at radius 1 is 1.00 bits per heavy atom. The molecule has 0 amide bonds. The maximum Gasteiger partial charge on any atom is 0.416 e. The molecular weight excluding hydrogens is 405 g/mol. The SMILES string of the molecule is Nc1c2c(-c3ccccc3)nc(NCC3CC3)nc2nn1-c1ccc(C(F)(F)F)cc1. The van der Waals surface area contributed by atoms with Gasteiger partial charge in [-0.2, -0.15) is 18.2 Å². The monoisotopic (exact) mass is 424 g/mol. The molecule has 0 spiro atoms. The van der Waals surface area contributed by atoms with E-state index in [9.17, 15) is 13.2 Å². The van der Waals surface area contributed by atoms with Crippen molar-refractivity contribution in [1.82, 2.24) is 19.7 Å². The first-order chi connectivity index (χ1) is 14.9. The molecular formula is C22H19F3N6. The van der Waals surface area contributed by atoms with E-state index in [1.165, 1.54) is 29.7 Å². The van der Waals surface area contributed by atoms with Gasteiger partial charge in [0.2, 0.25) is 5.95 Å². The van der Waals surface area contributed by atoms with Crippen molar-refractivity contribution in [3.63, 3.8) is 0 Å². The number of nitrogens with zero attached hydrogens (tertiary/aromatic N) is 4. The number of halogens is 3. The molecule has 5 rings (SSSR count). The van der Waals surface area contributed by atoms with E-state index in [2.05, 4.69) is 20.4 Å². The van der Waals surface area contributed by atoms with Crippen LogP contribution in [0.4, 0.5) is 24.9 Å². The Hall–Kier alpha value is -3.62. The Morgan fingerprint density at radius 3 is 2.35 bits per heavy atom. The third-order valence-electron chi connectivity index (χ3n) is 5.30. The average Bonchev–Trinajstić information content (AvgIpc) is 3.54. The molecule has 158 valence electrons. The van der Waals surface area contributed by atoms with E-state index in [4.69, 9.17) is 5.73 Å². The van der Waals surface area contributed by atoms with Crippen LogP contribution in [0.3, 0.4) is 0 Å². The standard InChI is InChI=1S/C22H19F3N6/c23-22(24,25)15-8-10-16(11-9-15)31-19(26)17-18(14-4-2-1-3-5-14)28-21(29-20(17)30-31)27-12-13-6-7-13/h1-5,8-11,13H,6-7,12,26H2,(H,27,29,30). The summed E-state index contributed by atoms with van der Waals surface area (Å²) < 4.78 is 40.1. The van der Waals surface area contributed by atoms with E-state index in [0.29, 0.717) is 34.3 Å². The van der Waals surface area contributed by atoms with Crippen LogP contribution in [0.2, 0.25) is 0 Å². The zero-order valence-electron chi connectivity index (χ0n) is 16.4. The summed E-state index contributed by atoms with van der Waals surface area (Å²) in [4.78, 5) is 9.19. The quantitative estimate of drug-likeness (QED) is 0.476. The normalized spacial score (nSPS) is 14.2. The molecule has 1 fully saturated rings. The summed E-state index contributed by atoms with van der Waals surface area (Å²) in [6.07, 6.45) is -2.03. The number of hydrogen-bond donors (Lipinski definition) is 2. The Labute approximate surface area is 175 Å². The largest absolute Gasteiger partial charge is 0.416 e. The van der Waals surface area contributed by atoms with E-state index in [1.54, 1.807) is 0 Å². The summed E-state index contributed by atoms with van der Waals surface area (Å²) in [5, 5.41) is 8.31. The van der Waals surface area contributed by atoms with Gasteiger partial charge in [-0.1, -0.05) is 30.3 Å². The molecule has 31 heavy (non-hydrogen) atoms. The summed E-state index contributed by atoms with van der Waals surface area (Å²) >= 11 is 0. The molecule has 9 heteroatoms. The van der Waals surface area contributed by atoms with Gasteiger partial charge >= 0.3 is 6.18 Å². The molecule has 0 radical (unpaired) electrons. The molecule has 1 saturated carbocycles. The lowest BCUT2D eigenvalue weighted by Crippen LogP contribution is -2.07. The predicted molar refractivity (Wildman–Crippen MR) is 113 cm³/mol. The fourth-order valence-corrected chi connectivity index (χ4v) is 3.44. The molecule has 0 atom stereocenters. The van der Waals surface area contributed by atoms with Gasteiger partial charge in [-0.25, -0.2) is 9.67 Å². The molecule has 3 N–H and O–H groups in total. The number of anilines is 2. The minimum atomic E-state index is -4.41. The number of rotatable bonds is 5. The Balaban J connectivity index is 1.63. The van der Waals surface area contributed by atoms with Crippen molar-refractivity contribution in [2.45, 2.75) is 19.0 Å². The Bertz CT molecular complexity index is 1230. The van der Waals surface area contributed by atoms with Crippen molar-refractivity contribution < 1.29 is 13.2 Å². The fourth-order valence-electron chi connectivity index (χ4n) is 3.44. The number of aromatic nitrogens is 4. The molecule has 0 saturated heterocycles. The lowest BCUT2D eigenvalue weighted by atomic mass is 10.1. The van der Waals surface area contributed by atoms with Crippen molar-refractivity contribution in [2.75, 3.05) is 17.6 Å². The van der Waals surface area contributed by atoms with Crippen LogP contribution in [0.5, 0.6) is 0 Å². The molecule has 6 nitrogen and oxygen atoms in total. The highest BCUT2D eigenvalue weighted by Crippen LogP contribution is 2.34. The highest BCUT2D eigenvalue weighted by molar-refractivity contribution is 5.99. The van der Waals surface area contributed by atoms with Crippen molar-refractivity contribution in [3.05, 3.63) is 60.2 Å². The van der Waals surface area contributed by atoms with Gasteiger partial charge in [0.1, 0.15) is 5.82 Å². The van der Waals surface area contributed by atoms with Gasteiger partial charge < -0.3 is 11.1 Å². The number of nitrogens with one attached hydrogen (secondary N) is 1. The van der Waals surface area contributed by atoms with Crippen LogP contribution >= 0.6 is 0 Å². The van der Waals surface area contributed by atoms with Crippen LogP contribution in [-0.4, -0.2) is 26.3 Å². The van der Waals surface area contributed by atoms with E-state index in [1.807, 2.05) is 30.3 Å². The number of hydrogen-bond acceptors (Lipinski definition) is 5. The molecule has 2 aromatic heterocycles. The number of fused-ring (bicyclic) bond motifs is 1. The molecule has 0 bridgehead atoms. The van der Waals surface area contributed by atoms with E-state index in [-0.39, 0.29) is 5.82 Å². The molecule has 0 unspecified atom stereocenters. The van der Waals surface area contributed by atoms with Crippen LogP contribution in [-0.2, 0) is 6.18 Å². The minimum Gasteiger partial charge on any atom is -0.383 e. The third kappa shape index (κ3) is 3.78. The lowest BCUT2D eigenvalue weighted by molar-refractivity contribution is -0.137. The first-order valence-corrected chi connectivity index (χ1v) is 9.93. The van der Waals surface area contributed by atoms with Gasteiger partial charge in [0.05, 0.1) is 22.3 Å². The minimum absolute atomic E-state index is 0.266. The van der Waals surface area contributed by atoms with E-state index < -0.39 is 11.7 Å². The van der Waals surface area contributed by atoms with Crippen LogP contribution in [0, 0.1) is 5.92 Å². The zero-order valence-corrected chi connectivity index (χ0v) is 16.4. The number of nitrogen functional groups attached to an aromatic ring is 1. The highest BCUT2D eigenvalue weighted by Gasteiger charge is 2.30. The maximum atomic E-state index is 12.9. The van der Waals surface area contributed by atoms with Crippen LogP contribution < -0.4 is 11.1 Å². The molecule has 4 aromatic rings. The summed E-state index contributed by atoms with van der Waals surface area (Å²) in [5.41, 5.74) is 7.93. The third-order valence-corrected chi connectivity index (χ3v) is 5.30. The second kappa shape index (κ2) is 7.26. The molecule has 2 aromatic carbocycles. The zero-order chi connectivity index (χ0) is 21.6. The van der Waals surface area contributed by atoms with Crippen LogP contribution in [0.25, 0.3) is 28.0 Å². The Kier molecular flexibility index (Phi) is 4.53. The second-order valence-electron chi connectivity index (χ2n) is 7.63. The van der Waals surface area contributed by atoms with Gasteiger partial charge in [-0.05, 0) is 43.0 Å². The molecule has 1 aliphatic rings. The lowest BCUT2D eigenvalue weighted by Gasteiger charge is -2.09. The first-order valence-electron chi connectivity index (χ1n) is 9.93. The van der Waals surface area contributed by atoms with Gasteiger partial charge in [0, 0.05) is 12.1 Å².